The zero-order valence-electron chi connectivity index (χ0n) is 23.5. The summed E-state index contributed by atoms with van der Waals surface area (Å²) in [5.74, 6) is -14.5. The normalized spacial score (nSPS) is 13.1. The molecular formula is C28H25F9O6S2. The monoisotopic (exact) mass is 692 g/mol. The molecule has 0 aliphatic carbocycles. The van der Waals surface area contributed by atoms with E-state index < -0.39 is 39.0 Å². The summed E-state index contributed by atoms with van der Waals surface area (Å²) in [6.07, 6.45) is -7.16. The average Bonchev–Trinajstić information content (AvgIpc) is 2.92. The van der Waals surface area contributed by atoms with Crippen LogP contribution >= 0.6 is 0 Å². The third-order valence-corrected chi connectivity index (χ3v) is 8.37. The van der Waals surface area contributed by atoms with E-state index >= 15 is 0 Å². The van der Waals surface area contributed by atoms with Gasteiger partial charge in [0.1, 0.15) is 16.5 Å². The van der Waals surface area contributed by atoms with E-state index in [2.05, 4.69) is 30.3 Å². The highest BCUT2D eigenvalue weighted by atomic mass is 32.2. The Bertz CT molecular complexity index is 1490. The summed E-state index contributed by atoms with van der Waals surface area (Å²) in [5.41, 5.74) is -0.529. The molecule has 45 heavy (non-hydrogen) atoms. The fraction of sp³-hybridized carbons (Fsp3) is 0.321. The van der Waals surface area contributed by atoms with Crippen LogP contribution in [-0.4, -0.2) is 54.4 Å². The molecule has 0 unspecified atom stereocenters. The van der Waals surface area contributed by atoms with Gasteiger partial charge in [-0.1, -0.05) is 48.5 Å². The van der Waals surface area contributed by atoms with E-state index in [1.54, 1.807) is 0 Å². The van der Waals surface area contributed by atoms with Gasteiger partial charge in [0, 0.05) is 0 Å². The number of hydrogen-bond donors (Lipinski definition) is 0. The van der Waals surface area contributed by atoms with Crippen LogP contribution in [0.15, 0.2) is 99.6 Å². The molecular weight excluding hydrogens is 667 g/mol. The molecule has 0 spiro atoms. The number of benzene rings is 3. The van der Waals surface area contributed by atoms with E-state index in [1.807, 2.05) is 75.4 Å². The van der Waals surface area contributed by atoms with Crippen molar-refractivity contribution in [2.24, 2.45) is 0 Å². The highest BCUT2D eigenvalue weighted by Crippen LogP contribution is 2.54. The van der Waals surface area contributed by atoms with E-state index in [0.717, 1.165) is 4.90 Å². The smallest absolute Gasteiger partial charge is 0.460 e. The number of alkyl halides is 9. The minimum atomic E-state index is -7.43. The highest BCUT2D eigenvalue weighted by molar-refractivity contribution is 7.97. The number of rotatable bonds is 9. The first-order valence-electron chi connectivity index (χ1n) is 12.4. The van der Waals surface area contributed by atoms with E-state index in [0.29, 0.717) is 5.75 Å². The first kappa shape index (κ1) is 37.7. The maximum Gasteiger partial charge on any atom is 0.460 e. The molecule has 0 N–H and O–H groups in total. The topological polar surface area (TPSA) is 92.7 Å². The van der Waals surface area contributed by atoms with Crippen LogP contribution in [-0.2, 0) is 30.5 Å². The van der Waals surface area contributed by atoms with Gasteiger partial charge in [-0.2, -0.15) is 39.5 Å². The van der Waals surface area contributed by atoms with Crippen molar-refractivity contribution >= 4 is 27.0 Å². The van der Waals surface area contributed by atoms with Crippen LogP contribution in [0.5, 0.6) is 5.75 Å². The lowest BCUT2D eigenvalue weighted by Crippen LogP contribution is -2.63. The number of esters is 1. The van der Waals surface area contributed by atoms with Crippen LogP contribution in [0.25, 0.3) is 0 Å². The quantitative estimate of drug-likeness (QED) is 0.100. The molecule has 17 heteroatoms. The Kier molecular flexibility index (Phi) is 11.7. The molecule has 0 aliphatic rings. The van der Waals surface area contributed by atoms with Crippen molar-refractivity contribution in [1.82, 2.24) is 0 Å². The number of halogens is 9. The summed E-state index contributed by atoms with van der Waals surface area (Å²) in [6, 6.07) is 28.6. The second-order valence-corrected chi connectivity index (χ2v) is 13.3. The maximum absolute atomic E-state index is 12.2. The SMILES string of the molecule is CC(C)(C)OC(=O)COc1ccccc1[S+](c1ccccc1)c1ccccc1.O=S(=O)([O-])C(F)(F)C(F)(F)C(F)(F)C(F)(F)F. The number of hydrogen-bond acceptors (Lipinski definition) is 6. The minimum Gasteiger partial charge on any atom is -0.743 e. The van der Waals surface area contributed by atoms with Gasteiger partial charge in [-0.15, -0.1) is 0 Å². The Morgan fingerprint density at radius 2 is 1.13 bits per heavy atom. The van der Waals surface area contributed by atoms with Crippen LogP contribution in [0.2, 0.25) is 0 Å². The van der Waals surface area contributed by atoms with Gasteiger partial charge in [-0.25, -0.2) is 13.2 Å². The Labute approximate surface area is 255 Å². The zero-order valence-corrected chi connectivity index (χ0v) is 25.1. The Balaban J connectivity index is 0.000000358. The van der Waals surface area contributed by atoms with Crippen molar-refractivity contribution < 1.29 is 66.8 Å². The van der Waals surface area contributed by atoms with Gasteiger partial charge in [0.25, 0.3) is 0 Å². The average molecular weight is 693 g/mol. The van der Waals surface area contributed by atoms with E-state index in [1.165, 1.54) is 9.79 Å². The van der Waals surface area contributed by atoms with Crippen molar-refractivity contribution in [2.75, 3.05) is 6.61 Å². The molecule has 0 heterocycles. The summed E-state index contributed by atoms with van der Waals surface area (Å²) in [5, 5.41) is -7.11. The van der Waals surface area contributed by atoms with Crippen LogP contribution in [0.1, 0.15) is 20.8 Å². The Morgan fingerprint density at radius 3 is 1.53 bits per heavy atom. The van der Waals surface area contributed by atoms with Gasteiger partial charge in [-0.3, -0.25) is 0 Å². The van der Waals surface area contributed by atoms with Crippen molar-refractivity contribution in [3.8, 4) is 5.75 Å². The van der Waals surface area contributed by atoms with Gasteiger partial charge >= 0.3 is 29.2 Å². The fourth-order valence-electron chi connectivity index (χ4n) is 3.27. The lowest BCUT2D eigenvalue weighted by atomic mass is 10.1. The van der Waals surface area contributed by atoms with E-state index in [9.17, 15) is 57.3 Å². The first-order valence-corrected chi connectivity index (χ1v) is 15.0. The van der Waals surface area contributed by atoms with Crippen LogP contribution in [0, 0.1) is 0 Å². The second kappa shape index (κ2) is 13.9. The molecule has 0 radical (unpaired) electrons. The number of carbonyl (C=O) groups excluding carboxylic acids is 1. The third kappa shape index (κ3) is 9.07. The van der Waals surface area contributed by atoms with E-state index in [4.69, 9.17) is 9.47 Å². The van der Waals surface area contributed by atoms with Crippen LogP contribution < -0.4 is 4.74 Å². The summed E-state index contributed by atoms with van der Waals surface area (Å²) >= 11 is 0. The Morgan fingerprint density at radius 1 is 0.711 bits per heavy atom. The number of para-hydroxylation sites is 1. The largest absolute Gasteiger partial charge is 0.743 e. The van der Waals surface area contributed by atoms with Crippen LogP contribution in [0.4, 0.5) is 39.5 Å². The van der Waals surface area contributed by atoms with Crippen molar-refractivity contribution in [3.63, 3.8) is 0 Å². The molecule has 6 nitrogen and oxygen atoms in total. The zero-order chi connectivity index (χ0) is 34.5. The van der Waals surface area contributed by atoms with Gasteiger partial charge in [0.05, 0.1) is 0 Å². The van der Waals surface area contributed by atoms with Gasteiger partial charge in [0.15, 0.2) is 32.3 Å². The highest BCUT2D eigenvalue weighted by Gasteiger charge is 2.83. The molecule has 0 bridgehead atoms. The lowest BCUT2D eigenvalue weighted by molar-refractivity contribution is -0.382. The van der Waals surface area contributed by atoms with Crippen molar-refractivity contribution in [2.45, 2.75) is 64.3 Å². The second-order valence-electron chi connectivity index (χ2n) is 9.87. The summed E-state index contributed by atoms with van der Waals surface area (Å²) in [4.78, 5) is 15.5. The molecule has 0 saturated heterocycles. The lowest BCUT2D eigenvalue weighted by Gasteiger charge is -2.34. The molecule has 0 fully saturated rings. The van der Waals surface area contributed by atoms with E-state index in [-0.39, 0.29) is 23.5 Å². The molecule has 0 aliphatic heterocycles. The summed E-state index contributed by atoms with van der Waals surface area (Å²) in [7, 11) is -7.75. The molecule has 3 rings (SSSR count). The molecule has 0 atom stereocenters. The predicted molar refractivity (Wildman–Crippen MR) is 143 cm³/mol. The Hall–Kier alpha value is -3.44. The van der Waals surface area contributed by atoms with Gasteiger partial charge < -0.3 is 14.0 Å². The minimum absolute atomic E-state index is 0.116. The van der Waals surface area contributed by atoms with Gasteiger partial charge in [0.2, 0.25) is 4.90 Å². The first-order chi connectivity index (χ1) is 20.4. The molecule has 3 aromatic carbocycles. The molecule has 3 aromatic rings. The van der Waals surface area contributed by atoms with Crippen molar-refractivity contribution in [1.29, 1.82) is 0 Å². The van der Waals surface area contributed by atoms with Crippen molar-refractivity contribution in [3.05, 3.63) is 84.9 Å². The molecule has 0 saturated carbocycles. The molecule has 0 amide bonds. The third-order valence-electron chi connectivity index (χ3n) is 5.22. The van der Waals surface area contributed by atoms with Crippen LogP contribution in [0.3, 0.4) is 0 Å². The number of carbonyl (C=O) groups is 1. The molecule has 0 aromatic heterocycles. The fourth-order valence-corrected chi connectivity index (χ4v) is 5.89. The summed E-state index contributed by atoms with van der Waals surface area (Å²) in [6.45, 7) is 5.43. The maximum atomic E-state index is 12.2. The number of ether oxygens (including phenoxy) is 2. The standard InChI is InChI=1S/C24H25O3S.C4HF9O3S/c1-24(2,3)27-23(25)18-26-21-16-10-11-17-22(21)28(19-12-6-4-7-13-19)20-14-8-5-9-15-20;5-1(6,3(9,10)11)2(7,8)4(12,13)17(14,15)16/h4-17H,18H2,1-3H3;(H,14,15,16)/q+1;/p-1. The summed E-state index contributed by atoms with van der Waals surface area (Å²) < 4.78 is 147. The predicted octanol–water partition coefficient (Wildman–Crippen LogP) is 7.46. The molecule has 248 valence electrons. The van der Waals surface area contributed by atoms with Gasteiger partial charge in [-0.05, 0) is 57.2 Å².